The summed E-state index contributed by atoms with van der Waals surface area (Å²) in [5.74, 6) is 0.127. The van der Waals surface area contributed by atoms with E-state index in [0.717, 1.165) is 52.7 Å². The molecular formula is C22H27N3O3. The van der Waals surface area contributed by atoms with Crippen LogP contribution in [0.3, 0.4) is 0 Å². The highest BCUT2D eigenvalue weighted by Crippen LogP contribution is 2.38. The van der Waals surface area contributed by atoms with Crippen molar-refractivity contribution in [3.05, 3.63) is 50.9 Å². The van der Waals surface area contributed by atoms with E-state index in [1.807, 2.05) is 6.92 Å². The molecule has 1 aliphatic rings. The Morgan fingerprint density at radius 3 is 2.82 bits per heavy atom. The number of pyridine rings is 1. The van der Waals surface area contributed by atoms with Gasteiger partial charge in [0.1, 0.15) is 5.75 Å². The second kappa shape index (κ2) is 7.11. The topological polar surface area (TPSA) is 90.3 Å². The molecular weight excluding hydrogens is 354 g/mol. The Balaban J connectivity index is 1.86. The zero-order chi connectivity index (χ0) is 20.0. The second-order valence-electron chi connectivity index (χ2n) is 7.86. The van der Waals surface area contributed by atoms with Crippen LogP contribution >= 0.6 is 0 Å². The highest BCUT2D eigenvalue weighted by Gasteiger charge is 2.22. The van der Waals surface area contributed by atoms with Crippen molar-refractivity contribution in [3.8, 4) is 17.0 Å². The fourth-order valence-corrected chi connectivity index (χ4v) is 4.10. The van der Waals surface area contributed by atoms with Gasteiger partial charge in [0.05, 0.1) is 17.9 Å². The SMILES string of the molecule is Cc1c(O)c2c([nH]c1=O)-c1cc3cc(CNC(C)CO)n(C)c3cc1CCC2. The van der Waals surface area contributed by atoms with E-state index in [1.54, 1.807) is 6.92 Å². The van der Waals surface area contributed by atoms with Gasteiger partial charge in [-0.05, 0) is 56.9 Å². The van der Waals surface area contributed by atoms with Gasteiger partial charge in [-0.1, -0.05) is 0 Å². The summed E-state index contributed by atoms with van der Waals surface area (Å²) < 4.78 is 2.17. The van der Waals surface area contributed by atoms with Gasteiger partial charge in [0.25, 0.3) is 5.56 Å². The molecule has 0 saturated heterocycles. The Morgan fingerprint density at radius 2 is 2.07 bits per heavy atom. The monoisotopic (exact) mass is 381 g/mol. The van der Waals surface area contributed by atoms with Crippen molar-refractivity contribution in [2.75, 3.05) is 6.61 Å². The van der Waals surface area contributed by atoms with Crippen LogP contribution in [0.25, 0.3) is 22.2 Å². The summed E-state index contributed by atoms with van der Waals surface area (Å²) >= 11 is 0. The lowest BCUT2D eigenvalue weighted by atomic mass is 9.98. The molecule has 0 amide bonds. The molecule has 2 heterocycles. The van der Waals surface area contributed by atoms with Crippen LogP contribution < -0.4 is 10.9 Å². The van der Waals surface area contributed by atoms with Gasteiger partial charge >= 0.3 is 0 Å². The van der Waals surface area contributed by atoms with Crippen LogP contribution in [0.15, 0.2) is 23.0 Å². The largest absolute Gasteiger partial charge is 0.507 e. The molecule has 1 unspecified atom stereocenters. The number of aliphatic hydroxyl groups excluding tert-OH is 1. The van der Waals surface area contributed by atoms with E-state index >= 15 is 0 Å². The van der Waals surface area contributed by atoms with Gasteiger partial charge in [-0.3, -0.25) is 4.79 Å². The third kappa shape index (κ3) is 3.02. The molecule has 1 atom stereocenters. The second-order valence-corrected chi connectivity index (χ2v) is 7.86. The molecule has 148 valence electrons. The predicted octanol–water partition coefficient (Wildman–Crippen LogP) is 2.51. The lowest BCUT2D eigenvalue weighted by molar-refractivity contribution is 0.250. The Bertz CT molecular complexity index is 1110. The number of H-pyrrole nitrogens is 1. The number of aromatic hydroxyl groups is 1. The highest BCUT2D eigenvalue weighted by atomic mass is 16.3. The minimum atomic E-state index is -0.236. The van der Waals surface area contributed by atoms with Gasteiger partial charge in [-0.25, -0.2) is 0 Å². The number of benzene rings is 1. The smallest absolute Gasteiger partial charge is 0.255 e. The molecule has 0 spiro atoms. The van der Waals surface area contributed by atoms with E-state index in [0.29, 0.717) is 12.1 Å². The average molecular weight is 381 g/mol. The summed E-state index contributed by atoms with van der Waals surface area (Å²) in [4.78, 5) is 15.3. The molecule has 4 N–H and O–H groups in total. The van der Waals surface area contributed by atoms with E-state index in [2.05, 4.69) is 40.1 Å². The van der Waals surface area contributed by atoms with Crippen molar-refractivity contribution in [1.82, 2.24) is 14.9 Å². The molecule has 6 nitrogen and oxygen atoms in total. The Hall–Kier alpha value is -2.57. The average Bonchev–Trinajstić information content (AvgIpc) is 2.88. The number of hydrogen-bond donors (Lipinski definition) is 4. The van der Waals surface area contributed by atoms with Gasteiger partial charge in [0.2, 0.25) is 0 Å². The normalized spacial score (nSPS) is 14.6. The van der Waals surface area contributed by atoms with Gasteiger partial charge < -0.3 is 25.1 Å². The first-order valence-corrected chi connectivity index (χ1v) is 9.81. The summed E-state index contributed by atoms with van der Waals surface area (Å²) in [6, 6.07) is 6.51. The van der Waals surface area contributed by atoms with Crippen molar-refractivity contribution in [2.24, 2.45) is 7.05 Å². The lowest BCUT2D eigenvalue weighted by Crippen LogP contribution is -2.29. The minimum Gasteiger partial charge on any atom is -0.507 e. The Kier molecular flexibility index (Phi) is 4.77. The van der Waals surface area contributed by atoms with E-state index in [1.165, 1.54) is 5.56 Å². The van der Waals surface area contributed by atoms with Crippen molar-refractivity contribution < 1.29 is 10.2 Å². The van der Waals surface area contributed by atoms with Crippen LogP contribution in [-0.2, 0) is 26.4 Å². The Labute approximate surface area is 163 Å². The molecule has 0 bridgehead atoms. The fraction of sp³-hybridized carbons (Fsp3) is 0.409. The van der Waals surface area contributed by atoms with E-state index in [4.69, 9.17) is 0 Å². The number of hydrogen-bond acceptors (Lipinski definition) is 4. The predicted molar refractivity (Wildman–Crippen MR) is 111 cm³/mol. The minimum absolute atomic E-state index is 0.0397. The molecule has 0 aliphatic heterocycles. The molecule has 6 heteroatoms. The quantitative estimate of drug-likeness (QED) is 0.559. The van der Waals surface area contributed by atoms with Gasteiger partial charge in [-0.2, -0.15) is 0 Å². The molecule has 1 aliphatic carbocycles. The van der Waals surface area contributed by atoms with Crippen LogP contribution in [0.5, 0.6) is 5.75 Å². The van der Waals surface area contributed by atoms with Crippen molar-refractivity contribution in [1.29, 1.82) is 0 Å². The van der Waals surface area contributed by atoms with Crippen LogP contribution in [0.4, 0.5) is 0 Å². The van der Waals surface area contributed by atoms with Gasteiger partial charge in [0, 0.05) is 47.4 Å². The zero-order valence-corrected chi connectivity index (χ0v) is 16.6. The third-order valence-corrected chi connectivity index (χ3v) is 5.94. The van der Waals surface area contributed by atoms with Crippen molar-refractivity contribution >= 4 is 10.9 Å². The fourth-order valence-electron chi connectivity index (χ4n) is 4.10. The summed E-state index contributed by atoms with van der Waals surface area (Å²) in [6.45, 7) is 4.39. The molecule has 2 aromatic heterocycles. The number of aliphatic hydroxyl groups is 1. The van der Waals surface area contributed by atoms with Crippen molar-refractivity contribution in [2.45, 2.75) is 45.7 Å². The number of nitrogens with zero attached hydrogens (tertiary/aromatic N) is 1. The van der Waals surface area contributed by atoms with Crippen LogP contribution in [0.2, 0.25) is 0 Å². The van der Waals surface area contributed by atoms with Crippen LogP contribution in [0.1, 0.15) is 35.7 Å². The molecule has 28 heavy (non-hydrogen) atoms. The van der Waals surface area contributed by atoms with E-state index in [-0.39, 0.29) is 24.0 Å². The standard InChI is InChI=1S/C22H27N3O3/c1-12(11-26)23-10-16-7-15-8-18-14(9-19(15)25(16)3)5-4-6-17-20(18)24-22(28)13(2)21(17)27/h7-9,12,23,26H,4-6,10-11H2,1-3H3,(H2,24,27,28). The van der Waals surface area contributed by atoms with Crippen molar-refractivity contribution in [3.63, 3.8) is 0 Å². The maximum Gasteiger partial charge on any atom is 0.255 e. The first kappa shape index (κ1) is 18.8. The molecule has 3 aromatic rings. The maximum absolute atomic E-state index is 12.3. The first-order valence-electron chi connectivity index (χ1n) is 9.81. The number of fused-ring (bicyclic) bond motifs is 4. The zero-order valence-electron chi connectivity index (χ0n) is 16.6. The first-order chi connectivity index (χ1) is 13.4. The summed E-state index contributed by atoms with van der Waals surface area (Å²) in [5.41, 5.74) is 6.21. The molecule has 0 saturated carbocycles. The number of aromatic nitrogens is 2. The van der Waals surface area contributed by atoms with Crippen LogP contribution in [-0.4, -0.2) is 32.4 Å². The van der Waals surface area contributed by atoms with E-state index < -0.39 is 0 Å². The molecule has 0 radical (unpaired) electrons. The van der Waals surface area contributed by atoms with Gasteiger partial charge in [0.15, 0.2) is 0 Å². The number of nitrogens with one attached hydrogen (secondary N) is 2. The number of aryl methyl sites for hydroxylation is 2. The van der Waals surface area contributed by atoms with E-state index in [9.17, 15) is 15.0 Å². The lowest BCUT2D eigenvalue weighted by Gasteiger charge is -2.13. The number of aromatic amines is 1. The molecule has 0 fully saturated rings. The highest BCUT2D eigenvalue weighted by molar-refractivity contribution is 5.89. The molecule has 1 aromatic carbocycles. The maximum atomic E-state index is 12.3. The van der Waals surface area contributed by atoms with Gasteiger partial charge in [-0.15, -0.1) is 0 Å². The Morgan fingerprint density at radius 1 is 1.29 bits per heavy atom. The molecule has 4 rings (SSSR count). The number of rotatable bonds is 4. The summed E-state index contributed by atoms with van der Waals surface area (Å²) in [6.07, 6.45) is 2.58. The summed E-state index contributed by atoms with van der Waals surface area (Å²) in [5, 5.41) is 24.2. The summed E-state index contributed by atoms with van der Waals surface area (Å²) in [7, 11) is 2.05. The third-order valence-electron chi connectivity index (χ3n) is 5.94. The van der Waals surface area contributed by atoms with Crippen LogP contribution in [0, 0.1) is 6.92 Å².